The summed E-state index contributed by atoms with van der Waals surface area (Å²) in [7, 11) is 0. The lowest BCUT2D eigenvalue weighted by Gasteiger charge is -2.19. The van der Waals surface area contributed by atoms with Gasteiger partial charge in [-0.2, -0.15) is 0 Å². The summed E-state index contributed by atoms with van der Waals surface area (Å²) in [5, 5.41) is 5.75. The van der Waals surface area contributed by atoms with Crippen LogP contribution in [0, 0.1) is 6.92 Å². The summed E-state index contributed by atoms with van der Waals surface area (Å²) in [6, 6.07) is 22.1. The van der Waals surface area contributed by atoms with Gasteiger partial charge < -0.3 is 10.6 Å². The first kappa shape index (κ1) is 20.3. The van der Waals surface area contributed by atoms with Crippen molar-refractivity contribution in [3.05, 3.63) is 95.1 Å². The van der Waals surface area contributed by atoms with Crippen molar-refractivity contribution >= 4 is 23.2 Å². The summed E-state index contributed by atoms with van der Waals surface area (Å²) < 4.78 is 0. The first-order valence-electron chi connectivity index (χ1n) is 9.62. The average Bonchev–Trinajstić information content (AvgIpc) is 2.67. The number of carbonyl (C=O) groups excluding carboxylic acids is 2. The van der Waals surface area contributed by atoms with E-state index < -0.39 is 0 Å². The van der Waals surface area contributed by atoms with Crippen molar-refractivity contribution in [2.24, 2.45) is 0 Å². The molecule has 0 aliphatic heterocycles. The Bertz CT molecular complexity index is 1030. The summed E-state index contributed by atoms with van der Waals surface area (Å²) in [5.74, 6) is -0.428. The standard InChI is InChI=1S/C25H26N2O2/c1-17-7-5-9-21(15-17)26-24(29)19-8-6-10-22(16-19)27-23(28)18-11-13-20(14-12-18)25(2,3)4/h5-16H,1-4H3,(H,26,29)(H,27,28). The van der Waals surface area contributed by atoms with Crippen LogP contribution in [-0.4, -0.2) is 11.8 Å². The molecule has 2 amide bonds. The van der Waals surface area contributed by atoms with Crippen molar-refractivity contribution in [1.82, 2.24) is 0 Å². The number of anilines is 2. The maximum absolute atomic E-state index is 12.6. The van der Waals surface area contributed by atoms with Crippen molar-refractivity contribution in [1.29, 1.82) is 0 Å². The van der Waals surface area contributed by atoms with Crippen LogP contribution in [0.4, 0.5) is 11.4 Å². The molecule has 0 bridgehead atoms. The topological polar surface area (TPSA) is 58.2 Å². The highest BCUT2D eigenvalue weighted by atomic mass is 16.2. The molecule has 0 aromatic heterocycles. The summed E-state index contributed by atoms with van der Waals surface area (Å²) in [6.45, 7) is 8.37. The van der Waals surface area contributed by atoms with Gasteiger partial charge in [-0.15, -0.1) is 0 Å². The maximum Gasteiger partial charge on any atom is 0.255 e. The number of aryl methyl sites for hydroxylation is 1. The molecule has 0 saturated carbocycles. The Morgan fingerprint density at radius 2 is 1.24 bits per heavy atom. The fourth-order valence-electron chi connectivity index (χ4n) is 2.99. The Kier molecular flexibility index (Phi) is 5.83. The second-order valence-corrected chi connectivity index (χ2v) is 8.19. The first-order chi connectivity index (χ1) is 13.7. The second-order valence-electron chi connectivity index (χ2n) is 8.19. The predicted molar refractivity (Wildman–Crippen MR) is 119 cm³/mol. The summed E-state index contributed by atoms with van der Waals surface area (Å²) >= 11 is 0. The van der Waals surface area contributed by atoms with E-state index in [1.807, 2.05) is 55.5 Å². The van der Waals surface area contributed by atoms with Gasteiger partial charge in [-0.3, -0.25) is 9.59 Å². The molecule has 0 spiro atoms. The third-order valence-corrected chi connectivity index (χ3v) is 4.67. The Morgan fingerprint density at radius 1 is 0.690 bits per heavy atom. The lowest BCUT2D eigenvalue weighted by atomic mass is 9.87. The van der Waals surface area contributed by atoms with E-state index in [4.69, 9.17) is 0 Å². The molecule has 0 aliphatic carbocycles. The summed E-state index contributed by atoms with van der Waals surface area (Å²) in [4.78, 5) is 25.1. The molecule has 0 radical (unpaired) electrons. The SMILES string of the molecule is Cc1cccc(NC(=O)c2cccc(NC(=O)c3ccc(C(C)(C)C)cc3)c2)c1. The number of hydrogen-bond donors (Lipinski definition) is 2. The number of rotatable bonds is 4. The Morgan fingerprint density at radius 3 is 1.83 bits per heavy atom. The lowest BCUT2D eigenvalue weighted by molar-refractivity contribution is 0.101. The van der Waals surface area contributed by atoms with Crippen LogP contribution in [0.1, 0.15) is 52.6 Å². The van der Waals surface area contributed by atoms with E-state index in [2.05, 4.69) is 31.4 Å². The molecular weight excluding hydrogens is 360 g/mol. The van der Waals surface area contributed by atoms with E-state index in [0.29, 0.717) is 16.8 Å². The smallest absolute Gasteiger partial charge is 0.255 e. The van der Waals surface area contributed by atoms with Gasteiger partial charge in [-0.1, -0.05) is 51.1 Å². The molecule has 3 rings (SSSR count). The van der Waals surface area contributed by atoms with Crippen LogP contribution < -0.4 is 10.6 Å². The Hall–Kier alpha value is -3.40. The van der Waals surface area contributed by atoms with Gasteiger partial charge in [0, 0.05) is 22.5 Å². The second kappa shape index (κ2) is 8.31. The van der Waals surface area contributed by atoms with Crippen molar-refractivity contribution in [2.75, 3.05) is 10.6 Å². The zero-order chi connectivity index (χ0) is 21.0. The third-order valence-electron chi connectivity index (χ3n) is 4.67. The minimum atomic E-state index is -0.221. The van der Waals surface area contributed by atoms with Gasteiger partial charge >= 0.3 is 0 Å². The third kappa shape index (κ3) is 5.32. The van der Waals surface area contributed by atoms with Crippen LogP contribution in [-0.2, 0) is 5.41 Å². The van der Waals surface area contributed by atoms with Crippen LogP contribution in [0.15, 0.2) is 72.8 Å². The van der Waals surface area contributed by atoms with E-state index in [-0.39, 0.29) is 17.2 Å². The maximum atomic E-state index is 12.6. The molecular formula is C25H26N2O2. The number of benzene rings is 3. The van der Waals surface area contributed by atoms with Crippen LogP contribution in [0.5, 0.6) is 0 Å². The fraction of sp³-hybridized carbons (Fsp3) is 0.200. The molecule has 0 heterocycles. The number of amides is 2. The molecule has 0 unspecified atom stereocenters. The van der Waals surface area contributed by atoms with Gasteiger partial charge in [0.1, 0.15) is 0 Å². The molecule has 4 heteroatoms. The van der Waals surface area contributed by atoms with Gasteiger partial charge in [-0.25, -0.2) is 0 Å². The lowest BCUT2D eigenvalue weighted by Crippen LogP contribution is -2.15. The average molecular weight is 386 g/mol. The predicted octanol–water partition coefficient (Wildman–Crippen LogP) is 5.80. The van der Waals surface area contributed by atoms with Crippen LogP contribution in [0.2, 0.25) is 0 Å². The van der Waals surface area contributed by atoms with E-state index in [0.717, 1.165) is 11.3 Å². The quantitative estimate of drug-likeness (QED) is 0.595. The van der Waals surface area contributed by atoms with Crippen LogP contribution in [0.25, 0.3) is 0 Å². The van der Waals surface area contributed by atoms with Gasteiger partial charge in [0.2, 0.25) is 0 Å². The summed E-state index contributed by atoms with van der Waals surface area (Å²) in [6.07, 6.45) is 0. The molecule has 0 fully saturated rings. The summed E-state index contributed by atoms with van der Waals surface area (Å²) in [5.41, 5.74) is 4.65. The highest BCUT2D eigenvalue weighted by Crippen LogP contribution is 2.22. The number of carbonyl (C=O) groups is 2. The van der Waals surface area contributed by atoms with Gasteiger partial charge in [0.05, 0.1) is 0 Å². The van der Waals surface area contributed by atoms with Crippen molar-refractivity contribution in [3.8, 4) is 0 Å². The van der Waals surface area contributed by atoms with E-state index in [9.17, 15) is 9.59 Å². The minimum Gasteiger partial charge on any atom is -0.322 e. The monoisotopic (exact) mass is 386 g/mol. The molecule has 3 aromatic carbocycles. The van der Waals surface area contributed by atoms with Crippen molar-refractivity contribution in [2.45, 2.75) is 33.1 Å². The van der Waals surface area contributed by atoms with Gasteiger partial charge in [0.15, 0.2) is 0 Å². The van der Waals surface area contributed by atoms with Gasteiger partial charge in [-0.05, 0) is 65.9 Å². The number of nitrogens with one attached hydrogen (secondary N) is 2. The highest BCUT2D eigenvalue weighted by Gasteiger charge is 2.15. The molecule has 4 nitrogen and oxygen atoms in total. The zero-order valence-electron chi connectivity index (χ0n) is 17.2. The van der Waals surface area contributed by atoms with Crippen LogP contribution >= 0.6 is 0 Å². The normalized spacial score (nSPS) is 11.0. The van der Waals surface area contributed by atoms with E-state index >= 15 is 0 Å². The molecule has 148 valence electrons. The van der Waals surface area contributed by atoms with Crippen molar-refractivity contribution < 1.29 is 9.59 Å². The highest BCUT2D eigenvalue weighted by molar-refractivity contribution is 6.07. The Labute approximate surface area is 172 Å². The van der Waals surface area contributed by atoms with E-state index in [1.54, 1.807) is 24.3 Å². The van der Waals surface area contributed by atoms with E-state index in [1.165, 1.54) is 5.56 Å². The largest absolute Gasteiger partial charge is 0.322 e. The molecule has 29 heavy (non-hydrogen) atoms. The first-order valence-corrected chi connectivity index (χ1v) is 9.62. The number of hydrogen-bond acceptors (Lipinski definition) is 2. The fourth-order valence-corrected chi connectivity index (χ4v) is 2.99. The minimum absolute atomic E-state index is 0.0357. The zero-order valence-corrected chi connectivity index (χ0v) is 17.2. The molecule has 0 atom stereocenters. The van der Waals surface area contributed by atoms with Gasteiger partial charge in [0.25, 0.3) is 11.8 Å². The molecule has 3 aromatic rings. The van der Waals surface area contributed by atoms with Crippen LogP contribution in [0.3, 0.4) is 0 Å². The molecule has 0 aliphatic rings. The van der Waals surface area contributed by atoms with Crippen molar-refractivity contribution in [3.63, 3.8) is 0 Å². The molecule has 0 saturated heterocycles. The Balaban J connectivity index is 1.70. The molecule has 2 N–H and O–H groups in total.